The first-order valence-corrected chi connectivity index (χ1v) is 8.47. The van der Waals surface area contributed by atoms with E-state index in [1.807, 2.05) is 0 Å². The van der Waals surface area contributed by atoms with Crippen molar-refractivity contribution in [2.24, 2.45) is 0 Å². The van der Waals surface area contributed by atoms with E-state index in [4.69, 9.17) is 11.6 Å². The van der Waals surface area contributed by atoms with Gasteiger partial charge in [0.15, 0.2) is 11.4 Å². The fourth-order valence-electron chi connectivity index (χ4n) is 2.51. The number of methoxy groups -OCH3 is 1. The summed E-state index contributed by atoms with van der Waals surface area (Å²) in [5.41, 5.74) is -2.72. The highest BCUT2D eigenvalue weighted by molar-refractivity contribution is 6.33. The number of aromatic nitrogens is 3. The van der Waals surface area contributed by atoms with Crippen LogP contribution in [-0.4, -0.2) is 34.0 Å². The van der Waals surface area contributed by atoms with E-state index >= 15 is 0 Å². The van der Waals surface area contributed by atoms with E-state index in [0.29, 0.717) is 4.68 Å². The van der Waals surface area contributed by atoms with Crippen LogP contribution in [0.3, 0.4) is 0 Å². The number of amides is 1. The molecule has 1 N–H and O–H groups in total. The highest BCUT2D eigenvalue weighted by Gasteiger charge is 2.42. The summed E-state index contributed by atoms with van der Waals surface area (Å²) < 4.78 is 58.9. The molecular formula is C18H11ClF4N4O3. The molecule has 0 aliphatic rings. The molecule has 1 aromatic heterocycles. The van der Waals surface area contributed by atoms with Gasteiger partial charge in [-0.3, -0.25) is 4.79 Å². The zero-order valence-electron chi connectivity index (χ0n) is 15.0. The van der Waals surface area contributed by atoms with Crippen LogP contribution in [-0.2, 0) is 10.9 Å². The molecule has 156 valence electrons. The maximum atomic E-state index is 13.6. The molecule has 0 radical (unpaired) electrons. The smallest absolute Gasteiger partial charge is 0.435 e. The quantitative estimate of drug-likeness (QED) is 0.485. The lowest BCUT2D eigenvalue weighted by molar-refractivity contribution is -0.143. The number of hydrogen-bond donors (Lipinski definition) is 1. The molecule has 0 bridgehead atoms. The SMILES string of the molecule is COC(=O)c1cc(NC(=O)c2nnn(-c3ccc(F)cc3)c2C(F)(F)F)ccc1Cl. The summed E-state index contributed by atoms with van der Waals surface area (Å²) in [5.74, 6) is -2.68. The van der Waals surface area contributed by atoms with Gasteiger partial charge in [0.25, 0.3) is 5.91 Å². The molecule has 0 fully saturated rings. The standard InChI is InChI=1S/C18H11ClF4N4O3/c1-30-17(29)12-8-10(4-7-13(12)19)24-16(28)14-15(18(21,22)23)27(26-25-14)11-5-2-9(20)3-6-11/h2-8H,1H3,(H,24,28). The minimum absolute atomic E-state index is 0.0192. The van der Waals surface area contributed by atoms with Crippen LogP contribution < -0.4 is 5.32 Å². The van der Waals surface area contributed by atoms with Crippen molar-refractivity contribution in [3.05, 3.63) is 70.3 Å². The molecular weight excluding hydrogens is 432 g/mol. The second-order valence-corrected chi connectivity index (χ2v) is 6.22. The van der Waals surface area contributed by atoms with Crippen LogP contribution in [0, 0.1) is 5.82 Å². The third-order valence-corrected chi connectivity index (χ3v) is 4.18. The molecule has 12 heteroatoms. The number of carbonyl (C=O) groups is 2. The number of hydrogen-bond acceptors (Lipinski definition) is 5. The largest absolute Gasteiger partial charge is 0.465 e. The Bertz CT molecular complexity index is 1110. The summed E-state index contributed by atoms with van der Waals surface area (Å²) >= 11 is 5.88. The van der Waals surface area contributed by atoms with Crippen LogP contribution in [0.15, 0.2) is 42.5 Å². The molecule has 0 atom stereocenters. The van der Waals surface area contributed by atoms with Gasteiger partial charge in [-0.1, -0.05) is 16.8 Å². The Labute approximate surface area is 171 Å². The van der Waals surface area contributed by atoms with Gasteiger partial charge >= 0.3 is 12.1 Å². The average Bonchev–Trinajstić information content (AvgIpc) is 3.15. The normalized spacial score (nSPS) is 11.3. The van der Waals surface area contributed by atoms with Gasteiger partial charge in [-0.05, 0) is 42.5 Å². The van der Waals surface area contributed by atoms with E-state index in [1.54, 1.807) is 0 Å². The van der Waals surface area contributed by atoms with E-state index in [2.05, 4.69) is 20.4 Å². The number of anilines is 1. The topological polar surface area (TPSA) is 86.1 Å². The molecule has 0 saturated carbocycles. The minimum atomic E-state index is -5.00. The van der Waals surface area contributed by atoms with Crippen LogP contribution in [0.5, 0.6) is 0 Å². The predicted octanol–water partition coefficient (Wildman–Crippen LogP) is 4.12. The Kier molecular flexibility index (Phi) is 5.74. The van der Waals surface area contributed by atoms with E-state index in [1.165, 1.54) is 12.1 Å². The van der Waals surface area contributed by atoms with E-state index < -0.39 is 35.3 Å². The average molecular weight is 443 g/mol. The van der Waals surface area contributed by atoms with Gasteiger partial charge in [-0.15, -0.1) is 5.10 Å². The van der Waals surface area contributed by atoms with Crippen molar-refractivity contribution in [2.75, 3.05) is 12.4 Å². The molecule has 7 nitrogen and oxygen atoms in total. The molecule has 0 unspecified atom stereocenters. The van der Waals surface area contributed by atoms with Gasteiger partial charge in [0, 0.05) is 5.69 Å². The highest BCUT2D eigenvalue weighted by atomic mass is 35.5. The number of alkyl halides is 3. The first kappa shape index (κ1) is 21.2. The Morgan fingerprint density at radius 1 is 1.13 bits per heavy atom. The highest BCUT2D eigenvalue weighted by Crippen LogP contribution is 2.33. The van der Waals surface area contributed by atoms with Crippen molar-refractivity contribution < 1.29 is 31.9 Å². The Hall–Kier alpha value is -3.47. The van der Waals surface area contributed by atoms with Gasteiger partial charge in [0.05, 0.1) is 23.4 Å². The number of esters is 1. The molecule has 0 saturated heterocycles. The van der Waals surface area contributed by atoms with E-state index in [9.17, 15) is 27.2 Å². The fourth-order valence-corrected chi connectivity index (χ4v) is 2.71. The Balaban J connectivity index is 1.99. The number of rotatable bonds is 4. The van der Waals surface area contributed by atoms with Gasteiger partial charge in [0.1, 0.15) is 5.82 Å². The molecule has 30 heavy (non-hydrogen) atoms. The molecule has 3 aromatic rings. The monoisotopic (exact) mass is 442 g/mol. The molecule has 0 spiro atoms. The number of nitrogens with one attached hydrogen (secondary N) is 1. The van der Waals surface area contributed by atoms with Crippen LogP contribution in [0.2, 0.25) is 5.02 Å². The van der Waals surface area contributed by atoms with Crippen molar-refractivity contribution in [3.8, 4) is 5.69 Å². The third-order valence-electron chi connectivity index (χ3n) is 3.85. The first-order chi connectivity index (χ1) is 14.1. The van der Waals surface area contributed by atoms with Crippen molar-refractivity contribution in [1.82, 2.24) is 15.0 Å². The van der Waals surface area contributed by atoms with E-state index in [0.717, 1.165) is 37.4 Å². The van der Waals surface area contributed by atoms with Crippen molar-refractivity contribution >= 4 is 29.2 Å². The molecule has 1 amide bonds. The summed E-state index contributed by atoms with van der Waals surface area (Å²) in [4.78, 5) is 24.2. The van der Waals surface area contributed by atoms with Crippen LogP contribution in [0.1, 0.15) is 26.5 Å². The second kappa shape index (κ2) is 8.11. The molecule has 3 rings (SSSR count). The van der Waals surface area contributed by atoms with Crippen molar-refractivity contribution in [2.45, 2.75) is 6.18 Å². The Morgan fingerprint density at radius 3 is 2.40 bits per heavy atom. The minimum Gasteiger partial charge on any atom is -0.465 e. The van der Waals surface area contributed by atoms with Crippen LogP contribution >= 0.6 is 11.6 Å². The van der Waals surface area contributed by atoms with Gasteiger partial charge in [-0.2, -0.15) is 13.2 Å². The molecule has 1 heterocycles. The number of nitrogens with zero attached hydrogens (tertiary/aromatic N) is 3. The Morgan fingerprint density at radius 2 is 1.80 bits per heavy atom. The lowest BCUT2D eigenvalue weighted by Gasteiger charge is -2.12. The lowest BCUT2D eigenvalue weighted by atomic mass is 10.2. The third kappa shape index (κ3) is 4.25. The van der Waals surface area contributed by atoms with Crippen molar-refractivity contribution in [1.29, 1.82) is 0 Å². The van der Waals surface area contributed by atoms with E-state index in [-0.39, 0.29) is 22.0 Å². The lowest BCUT2D eigenvalue weighted by Crippen LogP contribution is -2.21. The second-order valence-electron chi connectivity index (χ2n) is 5.81. The maximum Gasteiger partial charge on any atom is 0.435 e. The maximum absolute atomic E-state index is 13.6. The first-order valence-electron chi connectivity index (χ1n) is 8.10. The number of halogens is 5. The van der Waals surface area contributed by atoms with Crippen molar-refractivity contribution in [3.63, 3.8) is 0 Å². The number of ether oxygens (including phenoxy) is 1. The fraction of sp³-hybridized carbons (Fsp3) is 0.111. The number of benzene rings is 2. The summed E-state index contributed by atoms with van der Waals surface area (Å²) in [6.45, 7) is 0. The molecule has 2 aromatic carbocycles. The molecule has 0 aliphatic carbocycles. The zero-order chi connectivity index (χ0) is 22.1. The summed E-state index contributed by atoms with van der Waals surface area (Å²) in [6.07, 6.45) is -5.00. The summed E-state index contributed by atoms with van der Waals surface area (Å²) in [6, 6.07) is 7.70. The predicted molar refractivity (Wildman–Crippen MR) is 97.1 cm³/mol. The van der Waals surface area contributed by atoms with Gasteiger partial charge in [0.2, 0.25) is 0 Å². The van der Waals surface area contributed by atoms with Crippen LogP contribution in [0.4, 0.5) is 23.2 Å². The zero-order valence-corrected chi connectivity index (χ0v) is 15.8. The summed E-state index contributed by atoms with van der Waals surface area (Å²) in [7, 11) is 1.12. The number of carbonyl (C=O) groups excluding carboxylic acids is 2. The molecule has 0 aliphatic heterocycles. The van der Waals surface area contributed by atoms with Crippen LogP contribution in [0.25, 0.3) is 5.69 Å². The van der Waals surface area contributed by atoms with Gasteiger partial charge < -0.3 is 10.1 Å². The van der Waals surface area contributed by atoms with Gasteiger partial charge in [-0.25, -0.2) is 13.9 Å². The summed E-state index contributed by atoms with van der Waals surface area (Å²) in [5, 5.41) is 8.96.